The molecule has 2 aliphatic rings. The zero-order valence-electron chi connectivity index (χ0n) is 15.6. The molecule has 2 heterocycles. The third kappa shape index (κ3) is 4.03. The number of nitrogens with one attached hydrogen (secondary N) is 1. The van der Waals surface area contributed by atoms with E-state index < -0.39 is 0 Å². The van der Waals surface area contributed by atoms with E-state index in [2.05, 4.69) is 15.2 Å². The lowest BCUT2D eigenvalue weighted by Crippen LogP contribution is -2.25. The highest BCUT2D eigenvalue weighted by atomic mass is 16.5. The minimum Gasteiger partial charge on any atom is -0.492 e. The van der Waals surface area contributed by atoms with E-state index in [1.807, 2.05) is 49.4 Å². The van der Waals surface area contributed by atoms with Crippen LogP contribution in [0.4, 0.5) is 11.4 Å². The molecule has 0 saturated carbocycles. The van der Waals surface area contributed by atoms with Crippen molar-refractivity contribution >= 4 is 23.5 Å². The maximum absolute atomic E-state index is 12.3. The van der Waals surface area contributed by atoms with Crippen LogP contribution in [0.5, 0.6) is 5.75 Å². The number of hydrogen-bond acceptors (Lipinski definition) is 4. The lowest BCUT2D eigenvalue weighted by molar-refractivity contribution is -0.115. The fourth-order valence-electron chi connectivity index (χ4n) is 3.77. The number of carbonyl (C=O) groups excluding carboxylic acids is 1. The van der Waals surface area contributed by atoms with Crippen LogP contribution in [0.1, 0.15) is 29.9 Å². The first-order valence-electron chi connectivity index (χ1n) is 9.60. The summed E-state index contributed by atoms with van der Waals surface area (Å²) in [7, 11) is 0. The predicted octanol–water partition coefficient (Wildman–Crippen LogP) is 3.91. The van der Waals surface area contributed by atoms with Gasteiger partial charge in [-0.3, -0.25) is 14.7 Å². The van der Waals surface area contributed by atoms with E-state index in [0.717, 1.165) is 34.8 Å². The number of aryl methyl sites for hydroxylation is 1. The molecule has 140 valence electrons. The summed E-state index contributed by atoms with van der Waals surface area (Å²) in [5.74, 6) is 0.496. The minimum atomic E-state index is -0.336. The maximum Gasteiger partial charge on any atom is 0.237 e. The van der Waals surface area contributed by atoms with Gasteiger partial charge in [0.15, 0.2) is 0 Å². The second-order valence-corrected chi connectivity index (χ2v) is 7.17. The number of ether oxygens (including phenoxy) is 1. The van der Waals surface area contributed by atoms with Crippen LogP contribution in [0.2, 0.25) is 0 Å². The van der Waals surface area contributed by atoms with E-state index in [1.165, 1.54) is 25.9 Å². The van der Waals surface area contributed by atoms with Crippen LogP contribution >= 0.6 is 0 Å². The van der Waals surface area contributed by atoms with Crippen LogP contribution in [0.15, 0.2) is 47.5 Å². The Morgan fingerprint density at radius 1 is 1.19 bits per heavy atom. The fraction of sp³-hybridized carbons (Fsp3) is 0.364. The molecule has 0 spiro atoms. The average molecular weight is 363 g/mol. The van der Waals surface area contributed by atoms with Gasteiger partial charge in [0.1, 0.15) is 18.3 Å². The Balaban J connectivity index is 1.36. The van der Waals surface area contributed by atoms with Crippen LogP contribution in [-0.4, -0.2) is 43.3 Å². The van der Waals surface area contributed by atoms with Crippen LogP contribution in [0, 0.1) is 6.92 Å². The fourth-order valence-corrected chi connectivity index (χ4v) is 3.77. The number of amides is 1. The number of rotatable bonds is 6. The van der Waals surface area contributed by atoms with Gasteiger partial charge in [0.05, 0.1) is 5.69 Å². The van der Waals surface area contributed by atoms with Gasteiger partial charge >= 0.3 is 0 Å². The Morgan fingerprint density at radius 3 is 2.74 bits per heavy atom. The van der Waals surface area contributed by atoms with Gasteiger partial charge in [0, 0.05) is 18.4 Å². The molecule has 1 atom stereocenters. The van der Waals surface area contributed by atoms with Crippen molar-refractivity contribution in [2.75, 3.05) is 31.6 Å². The number of carbonyl (C=O) groups is 1. The molecule has 1 saturated heterocycles. The second-order valence-electron chi connectivity index (χ2n) is 7.17. The Kier molecular flexibility index (Phi) is 5.21. The SMILES string of the molecule is Cc1cccc2c1C(C=Nc1ccc(OCCN3CCCC3)cc1)C(=O)N2. The van der Waals surface area contributed by atoms with Gasteiger partial charge in [0.25, 0.3) is 0 Å². The summed E-state index contributed by atoms with van der Waals surface area (Å²) in [6.07, 6.45) is 4.34. The highest BCUT2D eigenvalue weighted by molar-refractivity contribution is 6.13. The molecule has 2 aromatic carbocycles. The summed E-state index contributed by atoms with van der Waals surface area (Å²) >= 11 is 0. The van der Waals surface area contributed by atoms with Crippen LogP contribution < -0.4 is 10.1 Å². The second kappa shape index (κ2) is 7.92. The van der Waals surface area contributed by atoms with E-state index in [-0.39, 0.29) is 11.8 Å². The molecular formula is C22H25N3O2. The lowest BCUT2D eigenvalue weighted by Gasteiger charge is -2.14. The standard InChI is InChI=1S/C22H25N3O2/c1-16-5-4-6-20-21(16)19(22(26)24-20)15-23-17-7-9-18(10-8-17)27-14-13-25-11-2-3-12-25/h4-10,15,19H,2-3,11-14H2,1H3,(H,24,26). The molecule has 0 aliphatic carbocycles. The van der Waals surface area contributed by atoms with Crippen molar-refractivity contribution in [2.45, 2.75) is 25.7 Å². The summed E-state index contributed by atoms with van der Waals surface area (Å²) in [6.45, 7) is 6.09. The highest BCUT2D eigenvalue weighted by Crippen LogP contribution is 2.34. The van der Waals surface area contributed by atoms with Crippen molar-refractivity contribution in [1.82, 2.24) is 4.90 Å². The topological polar surface area (TPSA) is 53.9 Å². The smallest absolute Gasteiger partial charge is 0.237 e. The number of nitrogens with zero attached hydrogens (tertiary/aromatic N) is 2. The van der Waals surface area contributed by atoms with Crippen LogP contribution in [0.25, 0.3) is 0 Å². The third-order valence-electron chi connectivity index (χ3n) is 5.26. The quantitative estimate of drug-likeness (QED) is 0.792. The summed E-state index contributed by atoms with van der Waals surface area (Å²) in [5.41, 5.74) is 3.83. The Labute approximate surface area is 160 Å². The lowest BCUT2D eigenvalue weighted by atomic mass is 9.97. The van der Waals surface area contributed by atoms with Crippen molar-refractivity contribution in [3.8, 4) is 5.75 Å². The number of likely N-dealkylation sites (tertiary alicyclic amines) is 1. The third-order valence-corrected chi connectivity index (χ3v) is 5.26. The van der Waals surface area contributed by atoms with E-state index in [4.69, 9.17) is 4.74 Å². The van der Waals surface area contributed by atoms with Gasteiger partial charge in [-0.15, -0.1) is 0 Å². The molecule has 2 aliphatic heterocycles. The first kappa shape index (κ1) is 17.7. The zero-order chi connectivity index (χ0) is 18.6. The van der Waals surface area contributed by atoms with Gasteiger partial charge in [0.2, 0.25) is 5.91 Å². The van der Waals surface area contributed by atoms with Crippen molar-refractivity contribution < 1.29 is 9.53 Å². The Bertz CT molecular complexity index is 839. The molecule has 1 fully saturated rings. The van der Waals surface area contributed by atoms with Crippen molar-refractivity contribution in [1.29, 1.82) is 0 Å². The van der Waals surface area contributed by atoms with Crippen molar-refractivity contribution in [3.05, 3.63) is 53.6 Å². The number of benzene rings is 2. The molecule has 0 bridgehead atoms. The zero-order valence-corrected chi connectivity index (χ0v) is 15.6. The number of anilines is 1. The number of fused-ring (bicyclic) bond motifs is 1. The Morgan fingerprint density at radius 2 is 1.96 bits per heavy atom. The Hall–Kier alpha value is -2.66. The van der Waals surface area contributed by atoms with Gasteiger partial charge < -0.3 is 10.1 Å². The first-order valence-corrected chi connectivity index (χ1v) is 9.60. The maximum atomic E-state index is 12.3. The summed E-state index contributed by atoms with van der Waals surface area (Å²) in [5, 5.41) is 2.93. The molecular weight excluding hydrogens is 338 g/mol. The molecule has 1 N–H and O–H groups in total. The molecule has 2 aromatic rings. The molecule has 4 rings (SSSR count). The summed E-state index contributed by atoms with van der Waals surface area (Å²) in [4.78, 5) is 19.2. The minimum absolute atomic E-state index is 0.0232. The highest BCUT2D eigenvalue weighted by Gasteiger charge is 2.30. The summed E-state index contributed by atoms with van der Waals surface area (Å²) < 4.78 is 5.82. The molecule has 0 aromatic heterocycles. The van der Waals surface area contributed by atoms with E-state index in [1.54, 1.807) is 6.21 Å². The van der Waals surface area contributed by atoms with E-state index >= 15 is 0 Å². The van der Waals surface area contributed by atoms with Crippen LogP contribution in [-0.2, 0) is 4.79 Å². The summed E-state index contributed by atoms with van der Waals surface area (Å²) in [6, 6.07) is 13.6. The molecule has 0 radical (unpaired) electrons. The average Bonchev–Trinajstić information content (AvgIpc) is 3.29. The normalized spacial score (nSPS) is 19.4. The van der Waals surface area contributed by atoms with Gasteiger partial charge in [-0.05, 0) is 74.3 Å². The van der Waals surface area contributed by atoms with Crippen molar-refractivity contribution in [3.63, 3.8) is 0 Å². The largest absolute Gasteiger partial charge is 0.492 e. The van der Waals surface area contributed by atoms with Gasteiger partial charge in [-0.2, -0.15) is 0 Å². The number of aliphatic imine (C=N–C) groups is 1. The molecule has 1 unspecified atom stereocenters. The van der Waals surface area contributed by atoms with E-state index in [0.29, 0.717) is 6.61 Å². The molecule has 1 amide bonds. The predicted molar refractivity (Wildman–Crippen MR) is 108 cm³/mol. The van der Waals surface area contributed by atoms with E-state index in [9.17, 15) is 4.79 Å². The van der Waals surface area contributed by atoms with Gasteiger partial charge in [-0.1, -0.05) is 12.1 Å². The monoisotopic (exact) mass is 363 g/mol. The van der Waals surface area contributed by atoms with Crippen molar-refractivity contribution in [2.24, 2.45) is 4.99 Å². The van der Waals surface area contributed by atoms with Gasteiger partial charge in [-0.25, -0.2) is 0 Å². The first-order chi connectivity index (χ1) is 13.2. The van der Waals surface area contributed by atoms with Crippen LogP contribution in [0.3, 0.4) is 0 Å². The molecule has 5 heteroatoms. The molecule has 5 nitrogen and oxygen atoms in total. The molecule has 27 heavy (non-hydrogen) atoms. The number of hydrogen-bond donors (Lipinski definition) is 1.